The lowest BCUT2D eigenvalue weighted by Gasteiger charge is -2.21. The standard InChI is InChI=1S/C19H26ClN7O4S/c1-26-8-13(6-22-26)23-19-21-7-14(20)18(25-19)24-15-10-31-16-12(9-30-17(15)16)11-32(28,29)27-4-2-3-5-27/h6-8,12,15-17H,2-5,9-11H2,1H3,(H2,21,23,24,25)/t12-,15-,16?,17?/m0/s1. The van der Waals surface area contributed by atoms with Crippen molar-refractivity contribution in [3.05, 3.63) is 23.6 Å². The van der Waals surface area contributed by atoms with Crippen molar-refractivity contribution in [1.29, 1.82) is 0 Å². The minimum atomic E-state index is -3.30. The number of sulfonamides is 1. The lowest BCUT2D eigenvalue weighted by molar-refractivity contribution is 0.0655. The van der Waals surface area contributed by atoms with Gasteiger partial charge in [-0.25, -0.2) is 17.7 Å². The van der Waals surface area contributed by atoms with Crippen molar-refractivity contribution in [3.63, 3.8) is 0 Å². The Bertz CT molecular complexity index is 1080. The van der Waals surface area contributed by atoms with E-state index in [1.165, 1.54) is 6.20 Å². The normalized spacial score (nSPS) is 28.2. The molecule has 5 heterocycles. The van der Waals surface area contributed by atoms with E-state index < -0.39 is 10.0 Å². The van der Waals surface area contributed by atoms with Gasteiger partial charge in [-0.3, -0.25) is 4.68 Å². The SMILES string of the molecule is Cn1cc(Nc2ncc(Cl)c(N[C@H]3COC4C3OC[C@H]4CS(=O)(=O)N3CCCC3)n2)cn1. The van der Waals surface area contributed by atoms with E-state index in [4.69, 9.17) is 21.1 Å². The predicted octanol–water partition coefficient (Wildman–Crippen LogP) is 1.23. The molecule has 2 aromatic rings. The van der Waals surface area contributed by atoms with Crippen LogP contribution in [0.1, 0.15) is 12.8 Å². The molecule has 2 N–H and O–H groups in total. The van der Waals surface area contributed by atoms with Crippen molar-refractivity contribution >= 4 is 39.1 Å². The number of hydrogen-bond donors (Lipinski definition) is 2. The van der Waals surface area contributed by atoms with Crippen LogP contribution >= 0.6 is 11.6 Å². The lowest BCUT2D eigenvalue weighted by atomic mass is 10.0. The first-order valence-corrected chi connectivity index (χ1v) is 12.6. The van der Waals surface area contributed by atoms with Gasteiger partial charge in [-0.2, -0.15) is 10.1 Å². The van der Waals surface area contributed by atoms with Gasteiger partial charge in [0, 0.05) is 32.3 Å². The molecular formula is C19H26ClN7O4S. The lowest BCUT2D eigenvalue weighted by Crippen LogP contribution is -2.38. The maximum Gasteiger partial charge on any atom is 0.229 e. The van der Waals surface area contributed by atoms with Crippen LogP contribution in [0.3, 0.4) is 0 Å². The number of nitrogens with one attached hydrogen (secondary N) is 2. The molecule has 3 aliphatic rings. The number of halogens is 1. The number of hydrogen-bond acceptors (Lipinski definition) is 9. The number of aryl methyl sites for hydroxylation is 1. The molecular weight excluding hydrogens is 458 g/mol. The molecule has 3 aliphatic heterocycles. The molecule has 32 heavy (non-hydrogen) atoms. The smallest absolute Gasteiger partial charge is 0.229 e. The molecule has 0 saturated carbocycles. The number of nitrogens with zero attached hydrogens (tertiary/aromatic N) is 5. The van der Waals surface area contributed by atoms with Crippen molar-refractivity contribution in [2.24, 2.45) is 13.0 Å². The number of aromatic nitrogens is 4. The summed E-state index contributed by atoms with van der Waals surface area (Å²) in [5.74, 6) is 0.691. The molecule has 174 valence electrons. The number of fused-ring (bicyclic) bond motifs is 1. The van der Waals surface area contributed by atoms with E-state index in [-0.39, 0.29) is 29.9 Å². The van der Waals surface area contributed by atoms with Crippen molar-refractivity contribution in [3.8, 4) is 0 Å². The van der Waals surface area contributed by atoms with Crippen LogP contribution in [0, 0.1) is 5.92 Å². The Labute approximate surface area is 191 Å². The van der Waals surface area contributed by atoms with Crippen LogP contribution in [0.4, 0.5) is 17.5 Å². The highest BCUT2D eigenvalue weighted by Gasteiger charge is 2.49. The van der Waals surface area contributed by atoms with Crippen molar-refractivity contribution in [2.45, 2.75) is 31.1 Å². The minimum absolute atomic E-state index is 0.0499. The number of anilines is 3. The van der Waals surface area contributed by atoms with Gasteiger partial charge in [-0.05, 0) is 12.8 Å². The van der Waals surface area contributed by atoms with Gasteiger partial charge in [0.1, 0.15) is 11.1 Å². The Morgan fingerprint density at radius 2 is 1.97 bits per heavy atom. The summed E-state index contributed by atoms with van der Waals surface area (Å²) in [6.07, 6.45) is 6.29. The number of ether oxygens (including phenoxy) is 2. The average Bonchev–Trinajstić information content (AvgIpc) is 3.53. The summed E-state index contributed by atoms with van der Waals surface area (Å²) in [4.78, 5) is 8.68. The van der Waals surface area contributed by atoms with Crippen LogP contribution in [0.5, 0.6) is 0 Å². The highest BCUT2D eigenvalue weighted by atomic mass is 35.5. The Morgan fingerprint density at radius 1 is 1.19 bits per heavy atom. The average molecular weight is 484 g/mol. The predicted molar refractivity (Wildman–Crippen MR) is 119 cm³/mol. The van der Waals surface area contributed by atoms with E-state index in [0.29, 0.717) is 43.1 Å². The highest BCUT2D eigenvalue weighted by molar-refractivity contribution is 7.89. The Hall–Kier alpha value is -1.99. The molecule has 5 rings (SSSR count). The van der Waals surface area contributed by atoms with Gasteiger partial charge in [0.25, 0.3) is 0 Å². The molecule has 3 fully saturated rings. The molecule has 0 aromatic carbocycles. The summed E-state index contributed by atoms with van der Waals surface area (Å²) in [6, 6.07) is -0.196. The largest absolute Gasteiger partial charge is 0.373 e. The summed E-state index contributed by atoms with van der Waals surface area (Å²) < 4.78 is 40.7. The summed E-state index contributed by atoms with van der Waals surface area (Å²) >= 11 is 6.31. The fourth-order valence-electron chi connectivity index (χ4n) is 4.51. The van der Waals surface area contributed by atoms with E-state index in [2.05, 4.69) is 25.7 Å². The third-order valence-corrected chi connectivity index (χ3v) is 8.34. The van der Waals surface area contributed by atoms with Crippen molar-refractivity contribution in [1.82, 2.24) is 24.1 Å². The first-order chi connectivity index (χ1) is 15.4. The fraction of sp³-hybridized carbons (Fsp3) is 0.632. The third kappa shape index (κ3) is 4.42. The second kappa shape index (κ2) is 8.75. The van der Waals surface area contributed by atoms with Crippen molar-refractivity contribution in [2.75, 3.05) is 42.7 Å². The molecule has 13 heteroatoms. The summed E-state index contributed by atoms with van der Waals surface area (Å²) in [5.41, 5.74) is 0.756. The summed E-state index contributed by atoms with van der Waals surface area (Å²) in [5, 5.41) is 10.9. The summed E-state index contributed by atoms with van der Waals surface area (Å²) in [7, 11) is -1.48. The molecule has 2 unspecified atom stereocenters. The molecule has 11 nitrogen and oxygen atoms in total. The van der Waals surface area contributed by atoms with E-state index in [9.17, 15) is 8.42 Å². The van der Waals surface area contributed by atoms with Gasteiger partial charge in [0.05, 0.1) is 49.2 Å². The van der Waals surface area contributed by atoms with Crippen molar-refractivity contribution < 1.29 is 17.9 Å². The second-order valence-corrected chi connectivity index (χ2v) is 10.8. The van der Waals surface area contributed by atoms with Gasteiger partial charge < -0.3 is 20.1 Å². The van der Waals surface area contributed by atoms with Crippen LogP contribution in [-0.2, 0) is 26.5 Å². The van der Waals surface area contributed by atoms with Crippen LogP contribution in [0.25, 0.3) is 0 Å². The van der Waals surface area contributed by atoms with Crippen LogP contribution in [0.15, 0.2) is 18.6 Å². The maximum absolute atomic E-state index is 12.7. The Kier molecular flexibility index (Phi) is 5.97. The highest BCUT2D eigenvalue weighted by Crippen LogP contribution is 2.35. The van der Waals surface area contributed by atoms with E-state index in [0.717, 1.165) is 18.5 Å². The molecule has 3 saturated heterocycles. The third-order valence-electron chi connectivity index (χ3n) is 6.07. The monoisotopic (exact) mass is 483 g/mol. The zero-order chi connectivity index (χ0) is 22.3. The molecule has 0 amide bonds. The molecule has 2 aromatic heterocycles. The van der Waals surface area contributed by atoms with E-state index in [1.54, 1.807) is 15.2 Å². The molecule has 4 atom stereocenters. The second-order valence-electron chi connectivity index (χ2n) is 8.41. The van der Waals surface area contributed by atoms with Crippen LogP contribution in [0.2, 0.25) is 5.02 Å². The van der Waals surface area contributed by atoms with E-state index in [1.807, 2.05) is 13.2 Å². The summed E-state index contributed by atoms with van der Waals surface area (Å²) in [6.45, 7) is 1.94. The van der Waals surface area contributed by atoms with Gasteiger partial charge in [0.15, 0.2) is 5.82 Å². The molecule has 0 spiro atoms. The fourth-order valence-corrected chi connectivity index (χ4v) is 6.50. The molecule has 0 bridgehead atoms. The molecule has 0 radical (unpaired) electrons. The van der Waals surface area contributed by atoms with Gasteiger partial charge in [-0.15, -0.1) is 0 Å². The maximum atomic E-state index is 12.7. The van der Waals surface area contributed by atoms with E-state index >= 15 is 0 Å². The van der Waals surface area contributed by atoms with Gasteiger partial charge in [0.2, 0.25) is 16.0 Å². The quantitative estimate of drug-likeness (QED) is 0.598. The molecule has 0 aliphatic carbocycles. The van der Waals surface area contributed by atoms with Crippen LogP contribution in [-0.4, -0.2) is 82.8 Å². The first-order valence-electron chi connectivity index (χ1n) is 10.6. The topological polar surface area (TPSA) is 123 Å². The minimum Gasteiger partial charge on any atom is -0.373 e. The Morgan fingerprint density at radius 3 is 2.72 bits per heavy atom. The first kappa shape index (κ1) is 21.8. The zero-order valence-electron chi connectivity index (χ0n) is 17.6. The van der Waals surface area contributed by atoms with Gasteiger partial charge in [-0.1, -0.05) is 11.6 Å². The Balaban J connectivity index is 1.24. The van der Waals surface area contributed by atoms with Crippen LogP contribution < -0.4 is 10.6 Å². The zero-order valence-corrected chi connectivity index (χ0v) is 19.2. The van der Waals surface area contributed by atoms with Gasteiger partial charge >= 0.3 is 0 Å². The number of rotatable bonds is 7.